The summed E-state index contributed by atoms with van der Waals surface area (Å²) in [6.07, 6.45) is 3.97. The van der Waals surface area contributed by atoms with Crippen LogP contribution in [0.25, 0.3) is 0 Å². The van der Waals surface area contributed by atoms with Gasteiger partial charge in [0.25, 0.3) is 0 Å². The highest BCUT2D eigenvalue weighted by Gasteiger charge is 2.35. The van der Waals surface area contributed by atoms with E-state index in [-0.39, 0.29) is 11.9 Å². The summed E-state index contributed by atoms with van der Waals surface area (Å²) in [6, 6.07) is 0.584. The molecular weight excluding hydrogens is 190 g/mol. The topological polar surface area (TPSA) is 58.4 Å². The van der Waals surface area contributed by atoms with E-state index in [2.05, 4.69) is 5.32 Å². The highest BCUT2D eigenvalue weighted by Crippen LogP contribution is 2.27. The first-order valence-corrected chi connectivity index (χ1v) is 5.92. The maximum Gasteiger partial charge on any atom is 0.222 e. The fraction of sp³-hybridized carbons (Fsp3) is 0.909. The summed E-state index contributed by atoms with van der Waals surface area (Å²) in [6.45, 7) is 1.93. The van der Waals surface area contributed by atoms with Crippen molar-refractivity contribution in [3.8, 4) is 0 Å². The van der Waals surface area contributed by atoms with Crippen LogP contribution in [0.15, 0.2) is 0 Å². The van der Waals surface area contributed by atoms with Gasteiger partial charge in [-0.15, -0.1) is 0 Å². The number of nitrogens with one attached hydrogen (secondary N) is 1. The van der Waals surface area contributed by atoms with Crippen molar-refractivity contribution in [2.45, 2.75) is 37.8 Å². The highest BCUT2D eigenvalue weighted by atomic mass is 16.2. The van der Waals surface area contributed by atoms with Gasteiger partial charge in [-0.3, -0.25) is 4.79 Å². The van der Waals surface area contributed by atoms with Gasteiger partial charge < -0.3 is 16.0 Å². The molecule has 1 amide bonds. The molecule has 86 valence electrons. The Kier molecular flexibility index (Phi) is 3.26. The summed E-state index contributed by atoms with van der Waals surface area (Å²) in [5.41, 5.74) is 6.12. The van der Waals surface area contributed by atoms with Crippen LogP contribution < -0.4 is 11.1 Å². The summed E-state index contributed by atoms with van der Waals surface area (Å²) < 4.78 is 0. The van der Waals surface area contributed by atoms with Gasteiger partial charge in [-0.1, -0.05) is 0 Å². The molecule has 2 fully saturated rings. The normalized spacial score (nSPS) is 38.1. The monoisotopic (exact) mass is 211 g/mol. The number of hydrogen-bond donors (Lipinski definition) is 2. The molecule has 2 rings (SSSR count). The molecule has 2 aliphatic heterocycles. The number of carbonyl (C=O) groups is 1. The fourth-order valence-corrected chi connectivity index (χ4v) is 2.90. The minimum atomic E-state index is 0.206. The molecular formula is C11H21N3O. The van der Waals surface area contributed by atoms with Gasteiger partial charge in [0.2, 0.25) is 5.91 Å². The number of hydrogen-bond acceptors (Lipinski definition) is 3. The second kappa shape index (κ2) is 4.49. The molecule has 2 saturated heterocycles. The number of amides is 1. The van der Waals surface area contributed by atoms with Crippen LogP contribution in [-0.2, 0) is 4.79 Å². The molecule has 0 aliphatic carbocycles. The maximum absolute atomic E-state index is 11.6. The van der Waals surface area contributed by atoms with Crippen molar-refractivity contribution < 1.29 is 4.79 Å². The average Bonchev–Trinajstić information content (AvgIpc) is 2.23. The van der Waals surface area contributed by atoms with Gasteiger partial charge in [-0.2, -0.15) is 0 Å². The Bertz CT molecular complexity index is 244. The zero-order valence-corrected chi connectivity index (χ0v) is 9.41. The largest absolute Gasteiger partial charge is 0.342 e. The van der Waals surface area contributed by atoms with Crippen LogP contribution in [0.3, 0.4) is 0 Å². The van der Waals surface area contributed by atoms with Gasteiger partial charge in [-0.25, -0.2) is 0 Å². The van der Waals surface area contributed by atoms with E-state index in [0.29, 0.717) is 18.4 Å². The predicted octanol–water partition coefficient (Wildman–Crippen LogP) is -0.0659. The minimum absolute atomic E-state index is 0.206. The van der Waals surface area contributed by atoms with Crippen LogP contribution in [0.4, 0.5) is 0 Å². The zero-order valence-electron chi connectivity index (χ0n) is 9.41. The van der Waals surface area contributed by atoms with Crippen LogP contribution in [-0.4, -0.2) is 43.0 Å². The third-order valence-electron chi connectivity index (χ3n) is 3.86. The molecule has 0 aromatic rings. The van der Waals surface area contributed by atoms with Crippen molar-refractivity contribution in [2.24, 2.45) is 11.7 Å². The van der Waals surface area contributed by atoms with Crippen molar-refractivity contribution in [2.75, 3.05) is 20.1 Å². The van der Waals surface area contributed by atoms with Gasteiger partial charge >= 0.3 is 0 Å². The van der Waals surface area contributed by atoms with Crippen molar-refractivity contribution >= 4 is 5.91 Å². The Labute approximate surface area is 91.2 Å². The number of likely N-dealkylation sites (tertiary alicyclic amines) is 1. The Morgan fingerprint density at radius 1 is 1.47 bits per heavy atom. The van der Waals surface area contributed by atoms with Crippen LogP contribution in [0.2, 0.25) is 0 Å². The first-order chi connectivity index (χ1) is 7.20. The third kappa shape index (κ3) is 2.16. The van der Waals surface area contributed by atoms with Crippen LogP contribution in [0, 0.1) is 5.92 Å². The number of nitrogens with zero attached hydrogens (tertiary/aromatic N) is 1. The zero-order chi connectivity index (χ0) is 10.8. The fourth-order valence-electron chi connectivity index (χ4n) is 2.90. The van der Waals surface area contributed by atoms with E-state index in [9.17, 15) is 4.79 Å². The molecule has 4 nitrogen and oxygen atoms in total. The van der Waals surface area contributed by atoms with E-state index in [1.807, 2.05) is 11.9 Å². The lowest BCUT2D eigenvalue weighted by Crippen LogP contribution is -2.56. The quantitative estimate of drug-likeness (QED) is 0.638. The average molecular weight is 211 g/mol. The Morgan fingerprint density at radius 3 is 3.00 bits per heavy atom. The molecule has 15 heavy (non-hydrogen) atoms. The van der Waals surface area contributed by atoms with E-state index in [4.69, 9.17) is 5.73 Å². The number of rotatable bonds is 1. The molecule has 0 bridgehead atoms. The summed E-state index contributed by atoms with van der Waals surface area (Å²) in [5, 5.41) is 3.30. The van der Waals surface area contributed by atoms with Crippen molar-refractivity contribution in [1.29, 1.82) is 0 Å². The standard InChI is InChI=1S/C11H21N3O/c1-14-10(3-2-4-11(14)15)8-5-6-13-7-9(8)12/h8-10,13H,2-7,12H2,1H3. The third-order valence-corrected chi connectivity index (χ3v) is 3.86. The Hall–Kier alpha value is -0.610. The van der Waals surface area contributed by atoms with Gasteiger partial charge in [0.15, 0.2) is 0 Å². The maximum atomic E-state index is 11.6. The summed E-state index contributed by atoms with van der Waals surface area (Å²) in [4.78, 5) is 13.6. The van der Waals surface area contributed by atoms with Gasteiger partial charge in [0.1, 0.15) is 0 Å². The number of piperidine rings is 2. The number of nitrogens with two attached hydrogens (primary N) is 1. The molecule has 3 atom stereocenters. The van der Waals surface area contributed by atoms with E-state index < -0.39 is 0 Å². The molecule has 2 heterocycles. The van der Waals surface area contributed by atoms with Gasteiger partial charge in [-0.05, 0) is 31.7 Å². The van der Waals surface area contributed by atoms with E-state index in [0.717, 1.165) is 32.4 Å². The Morgan fingerprint density at radius 2 is 2.27 bits per heavy atom. The van der Waals surface area contributed by atoms with Gasteiger partial charge in [0.05, 0.1) is 0 Å². The molecule has 0 aromatic carbocycles. The van der Waals surface area contributed by atoms with E-state index in [1.54, 1.807) is 0 Å². The van der Waals surface area contributed by atoms with Gasteiger partial charge in [0, 0.05) is 32.1 Å². The van der Waals surface area contributed by atoms with E-state index >= 15 is 0 Å². The lowest BCUT2D eigenvalue weighted by atomic mass is 9.81. The van der Waals surface area contributed by atoms with Crippen LogP contribution in [0.5, 0.6) is 0 Å². The molecule has 3 N–H and O–H groups in total. The number of carbonyl (C=O) groups excluding carboxylic acids is 1. The molecule has 2 aliphatic rings. The first kappa shape index (κ1) is 10.9. The second-order valence-corrected chi connectivity index (χ2v) is 4.78. The predicted molar refractivity (Wildman–Crippen MR) is 59.4 cm³/mol. The highest BCUT2D eigenvalue weighted by molar-refractivity contribution is 5.77. The first-order valence-electron chi connectivity index (χ1n) is 5.92. The smallest absolute Gasteiger partial charge is 0.222 e. The summed E-state index contributed by atoms with van der Waals surface area (Å²) >= 11 is 0. The Balaban J connectivity index is 2.04. The van der Waals surface area contributed by atoms with E-state index in [1.165, 1.54) is 0 Å². The van der Waals surface area contributed by atoms with Crippen LogP contribution >= 0.6 is 0 Å². The second-order valence-electron chi connectivity index (χ2n) is 4.78. The van der Waals surface area contributed by atoms with Crippen molar-refractivity contribution in [3.63, 3.8) is 0 Å². The molecule has 3 unspecified atom stereocenters. The lowest BCUT2D eigenvalue weighted by molar-refractivity contribution is -0.136. The SMILES string of the molecule is CN1C(=O)CCCC1C1CCNCC1N. The molecule has 4 heteroatoms. The van der Waals surface area contributed by atoms with Crippen molar-refractivity contribution in [3.05, 3.63) is 0 Å². The molecule has 0 saturated carbocycles. The minimum Gasteiger partial charge on any atom is -0.342 e. The molecule has 0 radical (unpaired) electrons. The van der Waals surface area contributed by atoms with Crippen molar-refractivity contribution in [1.82, 2.24) is 10.2 Å². The van der Waals surface area contributed by atoms with Crippen LogP contribution in [0.1, 0.15) is 25.7 Å². The molecule has 0 aromatic heterocycles. The molecule has 0 spiro atoms. The summed E-state index contributed by atoms with van der Waals surface area (Å²) in [7, 11) is 1.93. The lowest BCUT2D eigenvalue weighted by Gasteiger charge is -2.42. The summed E-state index contributed by atoms with van der Waals surface area (Å²) in [5.74, 6) is 0.775.